The van der Waals surface area contributed by atoms with Crippen molar-refractivity contribution in [3.05, 3.63) is 147 Å². The van der Waals surface area contributed by atoms with Crippen LogP contribution in [0.5, 0.6) is 0 Å². The highest BCUT2D eigenvalue weighted by Gasteiger charge is 2.20. The van der Waals surface area contributed by atoms with E-state index in [2.05, 4.69) is 22.8 Å². The number of hydrogen-bond donors (Lipinski definition) is 2. The van der Waals surface area contributed by atoms with E-state index in [1.807, 2.05) is 73.8 Å². The molecule has 1 aromatic heterocycles. The number of nitro groups is 1. The Kier molecular flexibility index (Phi) is 9.03. The van der Waals surface area contributed by atoms with Crippen LogP contribution in [0.15, 0.2) is 109 Å². The van der Waals surface area contributed by atoms with Crippen LogP contribution in [0.3, 0.4) is 0 Å². The highest BCUT2D eigenvalue weighted by Crippen LogP contribution is 2.27. The summed E-state index contributed by atoms with van der Waals surface area (Å²) in [6.45, 7) is 0.310. The van der Waals surface area contributed by atoms with Crippen molar-refractivity contribution in [1.29, 1.82) is 5.41 Å². The van der Waals surface area contributed by atoms with E-state index in [9.17, 15) is 14.9 Å². The van der Waals surface area contributed by atoms with Gasteiger partial charge in [0.05, 0.1) is 29.1 Å². The van der Waals surface area contributed by atoms with Gasteiger partial charge in [-0.15, -0.1) is 0 Å². The number of rotatable bonds is 12. The van der Waals surface area contributed by atoms with Crippen molar-refractivity contribution < 1.29 is 14.5 Å². The van der Waals surface area contributed by atoms with E-state index < -0.39 is 4.92 Å². The molecule has 3 N–H and O–H groups in total. The largest absolute Gasteiger partial charge is 0.384 e. The third-order valence-electron chi connectivity index (χ3n) is 8.32. The quantitative estimate of drug-likeness (QED) is 0.0692. The van der Waals surface area contributed by atoms with Crippen LogP contribution in [0, 0.1) is 15.5 Å². The number of hydrogen-bond acceptors (Lipinski definition) is 6. The normalized spacial score (nSPS) is 11.2. The predicted octanol–water partition coefficient (Wildman–Crippen LogP) is 6.45. The van der Waals surface area contributed by atoms with Gasteiger partial charge in [-0.3, -0.25) is 20.3 Å². The van der Waals surface area contributed by atoms with E-state index in [0.717, 1.165) is 57.2 Å². The highest BCUT2D eigenvalue weighted by molar-refractivity contribution is 5.97. The summed E-state index contributed by atoms with van der Waals surface area (Å²) in [5.74, 6) is 0.752. The zero-order chi connectivity index (χ0) is 32.9. The SMILES string of the molecule is Cn1c(CCc2ccc(C(=N)N)cc2)nc2cc(N(Cc3cccc4ccccc34)C(=O)COCc3ccc([N+](=O)[O-])cc3)ccc21. The predicted molar refractivity (Wildman–Crippen MR) is 183 cm³/mol. The number of fused-ring (bicyclic) bond motifs is 2. The molecule has 0 unspecified atom stereocenters. The lowest BCUT2D eigenvalue weighted by molar-refractivity contribution is -0.384. The minimum absolute atomic E-state index is 0.00230. The van der Waals surface area contributed by atoms with Gasteiger partial charge in [0.1, 0.15) is 18.3 Å². The fourth-order valence-corrected chi connectivity index (χ4v) is 5.71. The van der Waals surface area contributed by atoms with E-state index in [1.165, 1.54) is 12.1 Å². The zero-order valence-electron chi connectivity index (χ0n) is 25.9. The molecule has 47 heavy (non-hydrogen) atoms. The van der Waals surface area contributed by atoms with Crippen molar-refractivity contribution >= 4 is 44.9 Å². The second kappa shape index (κ2) is 13.6. The summed E-state index contributed by atoms with van der Waals surface area (Å²) in [6.07, 6.45) is 1.50. The third-order valence-corrected chi connectivity index (χ3v) is 8.32. The van der Waals surface area contributed by atoms with Crippen molar-refractivity contribution in [3.63, 3.8) is 0 Å². The first kappa shape index (κ1) is 31.1. The number of nitrogens with one attached hydrogen (secondary N) is 1. The molecule has 236 valence electrons. The number of amides is 1. The lowest BCUT2D eigenvalue weighted by Gasteiger charge is -2.24. The van der Waals surface area contributed by atoms with Crippen LogP contribution in [-0.2, 0) is 42.6 Å². The van der Waals surface area contributed by atoms with Gasteiger partial charge in [-0.2, -0.15) is 0 Å². The van der Waals surface area contributed by atoms with Crippen LogP contribution in [0.2, 0.25) is 0 Å². The number of nitrogens with zero attached hydrogens (tertiary/aromatic N) is 4. The van der Waals surface area contributed by atoms with Crippen molar-refractivity contribution in [3.8, 4) is 0 Å². The van der Waals surface area contributed by atoms with Crippen LogP contribution < -0.4 is 10.6 Å². The fraction of sp³-hybridized carbons (Fsp3) is 0.162. The van der Waals surface area contributed by atoms with Gasteiger partial charge in [0, 0.05) is 36.9 Å². The Morgan fingerprint density at radius 3 is 2.40 bits per heavy atom. The maximum absolute atomic E-state index is 13.8. The van der Waals surface area contributed by atoms with E-state index in [4.69, 9.17) is 20.9 Å². The summed E-state index contributed by atoms with van der Waals surface area (Å²) in [4.78, 5) is 31.0. The van der Waals surface area contributed by atoms with E-state index >= 15 is 0 Å². The summed E-state index contributed by atoms with van der Waals surface area (Å²) in [5.41, 5.74) is 11.6. The van der Waals surface area contributed by atoms with Crippen molar-refractivity contribution in [2.45, 2.75) is 26.0 Å². The van der Waals surface area contributed by atoms with E-state index in [1.54, 1.807) is 17.0 Å². The molecule has 0 aliphatic heterocycles. The standard InChI is InChI=1S/C37H34N6O4/c1-41-34-19-18-31(21-33(34)40-35(41)20-13-25-9-14-28(15-10-25)37(38)39)42(22-29-7-4-6-27-5-2-3-8-32(27)29)36(44)24-47-23-26-11-16-30(17-12-26)43(45)46/h2-12,14-19,21H,13,20,22-24H2,1H3,(H3,38,39). The zero-order valence-corrected chi connectivity index (χ0v) is 25.9. The van der Waals surface area contributed by atoms with Gasteiger partial charge in [0.25, 0.3) is 11.6 Å². The van der Waals surface area contributed by atoms with Crippen molar-refractivity contribution in [2.24, 2.45) is 12.8 Å². The second-order valence-electron chi connectivity index (χ2n) is 11.4. The highest BCUT2D eigenvalue weighted by atomic mass is 16.6. The topological polar surface area (TPSA) is 140 Å². The van der Waals surface area contributed by atoms with Crippen LogP contribution >= 0.6 is 0 Å². The number of ether oxygens (including phenoxy) is 1. The van der Waals surface area contributed by atoms with Gasteiger partial charge in [-0.25, -0.2) is 4.98 Å². The molecule has 1 amide bonds. The van der Waals surface area contributed by atoms with Gasteiger partial charge in [0.15, 0.2) is 0 Å². The lowest BCUT2D eigenvalue weighted by atomic mass is 10.0. The van der Waals surface area contributed by atoms with Gasteiger partial charge >= 0.3 is 0 Å². The molecule has 10 nitrogen and oxygen atoms in total. The molecular formula is C37H34N6O4. The molecule has 0 saturated carbocycles. The molecule has 10 heteroatoms. The van der Waals surface area contributed by atoms with Crippen molar-refractivity contribution in [2.75, 3.05) is 11.5 Å². The summed E-state index contributed by atoms with van der Waals surface area (Å²) in [5, 5.41) is 20.8. The van der Waals surface area contributed by atoms with E-state index in [-0.39, 0.29) is 30.6 Å². The summed E-state index contributed by atoms with van der Waals surface area (Å²) in [7, 11) is 1.99. The van der Waals surface area contributed by atoms with Crippen LogP contribution in [0.25, 0.3) is 21.8 Å². The number of carbonyl (C=O) groups is 1. The monoisotopic (exact) mass is 626 g/mol. The molecule has 0 fully saturated rings. The molecule has 5 aromatic carbocycles. The number of nitrogen functional groups attached to an aromatic ring is 1. The number of nitro benzene ring substituents is 1. The molecule has 0 bridgehead atoms. The van der Waals surface area contributed by atoms with Gasteiger partial charge in [-0.05, 0) is 64.2 Å². The molecule has 0 radical (unpaired) electrons. The first-order chi connectivity index (χ1) is 22.8. The number of anilines is 1. The van der Waals surface area contributed by atoms with Crippen molar-refractivity contribution in [1.82, 2.24) is 9.55 Å². The molecule has 0 aliphatic carbocycles. The Morgan fingerprint density at radius 1 is 0.936 bits per heavy atom. The number of nitrogens with two attached hydrogens (primary N) is 1. The Hall–Kier alpha value is -5.87. The maximum Gasteiger partial charge on any atom is 0.269 e. The first-order valence-corrected chi connectivity index (χ1v) is 15.2. The molecular weight excluding hydrogens is 592 g/mol. The Balaban J connectivity index is 1.24. The van der Waals surface area contributed by atoms with E-state index in [0.29, 0.717) is 17.8 Å². The molecule has 0 saturated heterocycles. The average Bonchev–Trinajstić information content (AvgIpc) is 3.40. The number of aryl methyl sites for hydroxylation is 3. The van der Waals surface area contributed by atoms with Crippen LogP contribution in [0.1, 0.15) is 28.1 Å². The molecule has 6 aromatic rings. The molecule has 0 aliphatic rings. The number of carbonyl (C=O) groups excluding carboxylic acids is 1. The number of benzene rings is 5. The first-order valence-electron chi connectivity index (χ1n) is 15.2. The number of non-ortho nitro benzene ring substituents is 1. The minimum Gasteiger partial charge on any atom is -0.384 e. The Morgan fingerprint density at radius 2 is 1.66 bits per heavy atom. The van der Waals surface area contributed by atoms with Crippen LogP contribution in [0.4, 0.5) is 11.4 Å². The summed E-state index contributed by atoms with van der Waals surface area (Å²) in [6, 6.07) is 33.8. The van der Waals surface area contributed by atoms with Gasteiger partial charge in [0.2, 0.25) is 0 Å². The minimum atomic E-state index is -0.448. The molecule has 0 atom stereocenters. The number of amidine groups is 1. The average molecular weight is 627 g/mol. The second-order valence-corrected chi connectivity index (χ2v) is 11.4. The molecule has 6 rings (SSSR count). The maximum atomic E-state index is 13.8. The van der Waals surface area contributed by atoms with Gasteiger partial charge < -0.3 is 19.9 Å². The number of imidazole rings is 1. The third kappa shape index (κ3) is 7.03. The molecule has 0 spiro atoms. The fourth-order valence-electron chi connectivity index (χ4n) is 5.71. The van der Waals surface area contributed by atoms with Gasteiger partial charge in [-0.1, -0.05) is 66.7 Å². The summed E-state index contributed by atoms with van der Waals surface area (Å²) >= 11 is 0. The lowest BCUT2D eigenvalue weighted by Crippen LogP contribution is -2.33. The molecule has 1 heterocycles. The number of aromatic nitrogens is 2. The van der Waals surface area contributed by atoms with Crippen LogP contribution in [-0.4, -0.2) is 32.8 Å². The Labute approximate surface area is 271 Å². The Bertz CT molecular complexity index is 2080. The summed E-state index contributed by atoms with van der Waals surface area (Å²) < 4.78 is 7.89. The smallest absolute Gasteiger partial charge is 0.269 e.